The van der Waals surface area contributed by atoms with Gasteiger partial charge < -0.3 is 9.52 Å². The third-order valence-corrected chi connectivity index (χ3v) is 8.66. The first-order valence-corrected chi connectivity index (χ1v) is 15.0. The number of sulfone groups is 1. The van der Waals surface area contributed by atoms with Crippen molar-refractivity contribution >= 4 is 26.6 Å². The molecule has 0 amide bonds. The van der Waals surface area contributed by atoms with Crippen molar-refractivity contribution in [3.8, 4) is 17.2 Å². The lowest BCUT2D eigenvalue weighted by Crippen LogP contribution is -2.23. The van der Waals surface area contributed by atoms with E-state index >= 15 is 0 Å². The molecule has 0 spiro atoms. The minimum absolute atomic E-state index is 0.0371. The molecule has 0 bridgehead atoms. The predicted molar refractivity (Wildman–Crippen MR) is 157 cm³/mol. The summed E-state index contributed by atoms with van der Waals surface area (Å²) >= 11 is 0. The van der Waals surface area contributed by atoms with E-state index in [0.717, 1.165) is 28.0 Å². The molecule has 0 atom stereocenters. The molecule has 0 saturated heterocycles. The number of furan rings is 1. The predicted octanol–water partition coefficient (Wildman–Crippen LogP) is 7.05. The van der Waals surface area contributed by atoms with Crippen molar-refractivity contribution in [3.05, 3.63) is 125 Å². The molecule has 0 unspecified atom stereocenters. The van der Waals surface area contributed by atoms with Crippen LogP contribution in [0.5, 0.6) is 0 Å². The highest BCUT2D eigenvalue weighted by molar-refractivity contribution is 7.92. The number of carboxylic acids is 1. The van der Waals surface area contributed by atoms with E-state index in [2.05, 4.69) is 6.07 Å². The van der Waals surface area contributed by atoms with Gasteiger partial charge in [-0.05, 0) is 63.4 Å². The fourth-order valence-corrected chi connectivity index (χ4v) is 6.10. The number of alkyl halides is 3. The van der Waals surface area contributed by atoms with E-state index in [1.54, 1.807) is 24.3 Å². The Morgan fingerprint density at radius 3 is 2.30 bits per heavy atom. The number of benzene rings is 4. The molecule has 0 saturated carbocycles. The largest absolute Gasteiger partial charge is 0.480 e. The van der Waals surface area contributed by atoms with Crippen molar-refractivity contribution in [1.29, 1.82) is 5.26 Å². The Morgan fingerprint density at radius 1 is 0.864 bits per heavy atom. The first-order valence-electron chi connectivity index (χ1n) is 13.4. The summed E-state index contributed by atoms with van der Waals surface area (Å²) in [5, 5.41) is 20.6. The Bertz CT molecular complexity index is 1980. The van der Waals surface area contributed by atoms with Gasteiger partial charge in [-0.3, -0.25) is 9.69 Å². The number of aliphatic carboxylic acids is 1. The fraction of sp³-hybridized carbons (Fsp3) is 0.152. The maximum absolute atomic E-state index is 13.2. The minimum atomic E-state index is -4.62. The Labute approximate surface area is 251 Å². The molecular formula is C33H25F3N2O5S. The zero-order valence-electron chi connectivity index (χ0n) is 23.1. The molecule has 5 aromatic rings. The summed E-state index contributed by atoms with van der Waals surface area (Å²) < 4.78 is 69.6. The summed E-state index contributed by atoms with van der Waals surface area (Å²) in [6.07, 6.45) is -4.62. The SMILES string of the molecule is N#Cc1ccc2ccccc2c1CN(Cc1ccc(-c2cccc(S(=O)(=O)CC(=O)O)c2)cc1)Cc1ccc(C(F)(F)F)o1. The summed E-state index contributed by atoms with van der Waals surface area (Å²) in [5.74, 6) is -3.44. The van der Waals surface area contributed by atoms with Gasteiger partial charge in [0.25, 0.3) is 0 Å². The first kappa shape index (κ1) is 30.5. The highest BCUT2D eigenvalue weighted by Crippen LogP contribution is 2.32. The zero-order valence-corrected chi connectivity index (χ0v) is 23.9. The van der Waals surface area contributed by atoms with Crippen LogP contribution in [-0.2, 0) is 40.4 Å². The molecule has 44 heavy (non-hydrogen) atoms. The molecule has 1 N–H and O–H groups in total. The number of hydrogen-bond acceptors (Lipinski definition) is 6. The lowest BCUT2D eigenvalue weighted by molar-refractivity contribution is -0.153. The fourth-order valence-electron chi connectivity index (χ4n) is 5.01. The lowest BCUT2D eigenvalue weighted by Gasteiger charge is -2.23. The number of nitrogens with zero attached hydrogens (tertiary/aromatic N) is 2. The van der Waals surface area contributed by atoms with E-state index in [1.807, 2.05) is 47.4 Å². The number of carbonyl (C=O) groups is 1. The van der Waals surface area contributed by atoms with E-state index in [0.29, 0.717) is 23.2 Å². The molecule has 1 heterocycles. The quantitative estimate of drug-likeness (QED) is 0.179. The van der Waals surface area contributed by atoms with E-state index in [-0.39, 0.29) is 23.7 Å². The van der Waals surface area contributed by atoms with Crippen molar-refractivity contribution in [3.63, 3.8) is 0 Å². The molecule has 1 aromatic heterocycles. The second kappa shape index (κ2) is 12.4. The monoisotopic (exact) mass is 618 g/mol. The third kappa shape index (κ3) is 6.99. The Morgan fingerprint density at radius 2 is 1.61 bits per heavy atom. The first-order chi connectivity index (χ1) is 20.9. The number of hydrogen-bond donors (Lipinski definition) is 1. The standard InChI is InChI=1S/C33H25F3N2O5S/c34-33(35,36)31-15-14-27(43-31)19-38(20-30-26(17-37)13-12-24-4-1-2-7-29(24)30)18-22-8-10-23(11-9-22)25-5-3-6-28(16-25)44(41,42)21-32(39)40/h1-16H,18-21H2,(H,39,40). The van der Waals surface area contributed by atoms with Crippen LogP contribution in [0.15, 0.2) is 106 Å². The number of halogens is 3. The molecule has 224 valence electrons. The molecule has 7 nitrogen and oxygen atoms in total. The van der Waals surface area contributed by atoms with Gasteiger partial charge in [-0.25, -0.2) is 8.42 Å². The van der Waals surface area contributed by atoms with Gasteiger partial charge in [0.2, 0.25) is 5.76 Å². The Balaban J connectivity index is 1.45. The second-order valence-corrected chi connectivity index (χ2v) is 12.2. The smallest absolute Gasteiger partial charge is 0.449 e. The normalized spacial score (nSPS) is 12.0. The van der Waals surface area contributed by atoms with Gasteiger partial charge in [0.1, 0.15) is 5.76 Å². The van der Waals surface area contributed by atoms with Gasteiger partial charge in [-0.1, -0.05) is 66.7 Å². The second-order valence-electron chi connectivity index (χ2n) is 10.2. The summed E-state index contributed by atoms with van der Waals surface area (Å²) in [6, 6.07) is 28.8. The van der Waals surface area contributed by atoms with Crippen LogP contribution in [0.2, 0.25) is 0 Å². The van der Waals surface area contributed by atoms with Crippen LogP contribution >= 0.6 is 0 Å². The topological polar surface area (TPSA) is 112 Å². The highest BCUT2D eigenvalue weighted by Gasteiger charge is 2.35. The third-order valence-electron chi connectivity index (χ3n) is 7.06. The number of carboxylic acid groups (broad SMARTS) is 1. The van der Waals surface area contributed by atoms with E-state index in [9.17, 15) is 31.6 Å². The van der Waals surface area contributed by atoms with Gasteiger partial charge >= 0.3 is 12.1 Å². The maximum atomic E-state index is 13.2. The van der Waals surface area contributed by atoms with Crippen LogP contribution in [-0.4, -0.2) is 30.1 Å². The zero-order chi connectivity index (χ0) is 31.5. The van der Waals surface area contributed by atoms with Crippen molar-refractivity contribution < 1.29 is 35.9 Å². The van der Waals surface area contributed by atoms with Gasteiger partial charge in [0.15, 0.2) is 15.6 Å². The van der Waals surface area contributed by atoms with Crippen LogP contribution in [0.1, 0.15) is 28.2 Å². The van der Waals surface area contributed by atoms with E-state index in [4.69, 9.17) is 9.52 Å². The summed E-state index contributed by atoms with van der Waals surface area (Å²) in [7, 11) is -4.01. The molecule has 11 heteroatoms. The molecule has 0 aliphatic rings. The van der Waals surface area contributed by atoms with Gasteiger partial charge in [0.05, 0.1) is 23.1 Å². The summed E-state index contributed by atoms with van der Waals surface area (Å²) in [4.78, 5) is 12.8. The molecular weight excluding hydrogens is 593 g/mol. The number of rotatable bonds is 10. The average Bonchev–Trinajstić information content (AvgIpc) is 3.46. The number of fused-ring (bicyclic) bond motifs is 1. The molecule has 0 radical (unpaired) electrons. The highest BCUT2D eigenvalue weighted by atomic mass is 32.2. The Kier molecular flexibility index (Phi) is 8.58. The molecule has 0 fully saturated rings. The summed E-state index contributed by atoms with van der Waals surface area (Å²) in [6.45, 7) is 0.580. The van der Waals surface area contributed by atoms with Crippen LogP contribution in [0.3, 0.4) is 0 Å². The van der Waals surface area contributed by atoms with Crippen molar-refractivity contribution in [1.82, 2.24) is 4.90 Å². The molecule has 5 rings (SSSR count). The van der Waals surface area contributed by atoms with Crippen LogP contribution in [0.25, 0.3) is 21.9 Å². The van der Waals surface area contributed by atoms with Gasteiger partial charge in [-0.15, -0.1) is 0 Å². The van der Waals surface area contributed by atoms with Crippen molar-refractivity contribution in [2.45, 2.75) is 30.7 Å². The lowest BCUT2D eigenvalue weighted by atomic mass is 9.98. The van der Waals surface area contributed by atoms with Crippen LogP contribution in [0, 0.1) is 11.3 Å². The van der Waals surface area contributed by atoms with Crippen LogP contribution < -0.4 is 0 Å². The molecule has 0 aliphatic heterocycles. The van der Waals surface area contributed by atoms with Gasteiger partial charge in [-0.2, -0.15) is 18.4 Å². The number of nitriles is 1. The molecule has 4 aromatic carbocycles. The van der Waals surface area contributed by atoms with Crippen molar-refractivity contribution in [2.24, 2.45) is 0 Å². The van der Waals surface area contributed by atoms with E-state index in [1.165, 1.54) is 24.3 Å². The van der Waals surface area contributed by atoms with Crippen LogP contribution in [0.4, 0.5) is 13.2 Å². The minimum Gasteiger partial charge on any atom is -0.480 e. The molecule has 0 aliphatic carbocycles. The Hall–Kier alpha value is -4.92. The average molecular weight is 619 g/mol. The van der Waals surface area contributed by atoms with Gasteiger partial charge in [0, 0.05) is 13.1 Å². The van der Waals surface area contributed by atoms with Crippen molar-refractivity contribution in [2.75, 3.05) is 5.75 Å². The maximum Gasteiger partial charge on any atom is 0.449 e. The van der Waals surface area contributed by atoms with E-state index < -0.39 is 33.5 Å². The summed E-state index contributed by atoms with van der Waals surface area (Å²) in [5.41, 5.74) is 3.27.